The first-order chi connectivity index (χ1) is 7.31. The lowest BCUT2D eigenvalue weighted by Gasteiger charge is -2.21. The molecule has 1 aliphatic rings. The molecule has 0 bridgehead atoms. The third-order valence-electron chi connectivity index (χ3n) is 2.92. The molecule has 15 heavy (non-hydrogen) atoms. The van der Waals surface area contributed by atoms with Gasteiger partial charge in [0.15, 0.2) is 0 Å². The SMILES string of the molecule is C[C@H]1CCCc2ccc(COC=O)nc21. The van der Waals surface area contributed by atoms with Gasteiger partial charge in [-0.25, -0.2) is 0 Å². The van der Waals surface area contributed by atoms with Gasteiger partial charge in [-0.15, -0.1) is 0 Å². The molecule has 0 fully saturated rings. The Hall–Kier alpha value is -1.38. The number of nitrogens with zero attached hydrogens (tertiary/aromatic N) is 1. The lowest BCUT2D eigenvalue weighted by atomic mass is 9.88. The van der Waals surface area contributed by atoms with Crippen LogP contribution in [0.4, 0.5) is 0 Å². The van der Waals surface area contributed by atoms with Crippen LogP contribution in [0.3, 0.4) is 0 Å². The van der Waals surface area contributed by atoms with Gasteiger partial charge in [-0.1, -0.05) is 13.0 Å². The standard InChI is InChI=1S/C12H15NO2/c1-9-3-2-4-10-5-6-11(7-15-8-14)13-12(9)10/h5-6,8-9H,2-4,7H2,1H3/t9-/m0/s1. The van der Waals surface area contributed by atoms with Gasteiger partial charge in [0.05, 0.1) is 5.69 Å². The zero-order chi connectivity index (χ0) is 10.7. The van der Waals surface area contributed by atoms with Crippen LogP contribution in [0.2, 0.25) is 0 Å². The molecule has 2 rings (SSSR count). The predicted molar refractivity (Wildman–Crippen MR) is 56.4 cm³/mol. The molecule has 0 saturated carbocycles. The average molecular weight is 205 g/mol. The van der Waals surface area contributed by atoms with Gasteiger partial charge in [-0.05, 0) is 36.8 Å². The van der Waals surface area contributed by atoms with Gasteiger partial charge >= 0.3 is 0 Å². The molecule has 0 saturated heterocycles. The molecular formula is C12H15NO2. The maximum atomic E-state index is 10.1. The third-order valence-corrected chi connectivity index (χ3v) is 2.92. The lowest BCUT2D eigenvalue weighted by Crippen LogP contribution is -2.11. The van der Waals surface area contributed by atoms with Crippen LogP contribution in [0.1, 0.15) is 42.6 Å². The van der Waals surface area contributed by atoms with Crippen molar-refractivity contribution in [1.29, 1.82) is 0 Å². The van der Waals surface area contributed by atoms with Gasteiger partial charge in [0.1, 0.15) is 6.61 Å². The number of rotatable bonds is 3. The Morgan fingerprint density at radius 3 is 3.27 bits per heavy atom. The largest absolute Gasteiger partial charge is 0.461 e. The molecular weight excluding hydrogens is 190 g/mol. The molecule has 80 valence electrons. The van der Waals surface area contributed by atoms with Gasteiger partial charge in [0.25, 0.3) is 6.47 Å². The Bertz CT molecular complexity index is 363. The van der Waals surface area contributed by atoms with E-state index in [1.54, 1.807) is 0 Å². The molecule has 3 heteroatoms. The minimum absolute atomic E-state index is 0.281. The van der Waals surface area contributed by atoms with Gasteiger partial charge in [-0.3, -0.25) is 9.78 Å². The van der Waals surface area contributed by atoms with E-state index >= 15 is 0 Å². The van der Waals surface area contributed by atoms with Crippen LogP contribution in [-0.4, -0.2) is 11.5 Å². The van der Waals surface area contributed by atoms with Gasteiger partial charge in [-0.2, -0.15) is 0 Å². The highest BCUT2D eigenvalue weighted by Crippen LogP contribution is 2.29. The molecule has 0 aromatic carbocycles. The highest BCUT2D eigenvalue weighted by molar-refractivity contribution is 5.37. The lowest BCUT2D eigenvalue weighted by molar-refractivity contribution is -0.129. The number of hydrogen-bond acceptors (Lipinski definition) is 3. The highest BCUT2D eigenvalue weighted by Gasteiger charge is 2.17. The van der Waals surface area contributed by atoms with Crippen molar-refractivity contribution in [2.45, 2.75) is 38.7 Å². The second-order valence-electron chi connectivity index (χ2n) is 4.05. The van der Waals surface area contributed by atoms with Crippen molar-refractivity contribution in [3.05, 3.63) is 29.1 Å². The maximum absolute atomic E-state index is 10.1. The van der Waals surface area contributed by atoms with E-state index in [-0.39, 0.29) is 6.61 Å². The van der Waals surface area contributed by atoms with Crippen molar-refractivity contribution in [2.24, 2.45) is 0 Å². The molecule has 0 spiro atoms. The van der Waals surface area contributed by atoms with Crippen molar-refractivity contribution in [3.8, 4) is 0 Å². The van der Waals surface area contributed by atoms with Crippen LogP contribution in [0.5, 0.6) is 0 Å². The summed E-state index contributed by atoms with van der Waals surface area (Å²) in [7, 11) is 0. The van der Waals surface area contributed by atoms with E-state index in [1.165, 1.54) is 24.1 Å². The summed E-state index contributed by atoms with van der Waals surface area (Å²) in [5.74, 6) is 0.532. The summed E-state index contributed by atoms with van der Waals surface area (Å²) in [5, 5.41) is 0. The summed E-state index contributed by atoms with van der Waals surface area (Å²) < 4.78 is 4.70. The summed E-state index contributed by atoms with van der Waals surface area (Å²) in [6.07, 6.45) is 3.58. The highest BCUT2D eigenvalue weighted by atomic mass is 16.5. The second-order valence-corrected chi connectivity index (χ2v) is 4.05. The van der Waals surface area contributed by atoms with E-state index in [2.05, 4.69) is 18.0 Å². The van der Waals surface area contributed by atoms with E-state index in [9.17, 15) is 4.79 Å². The minimum Gasteiger partial charge on any atom is -0.461 e. The van der Waals surface area contributed by atoms with Crippen LogP contribution < -0.4 is 0 Å². The van der Waals surface area contributed by atoms with Crippen LogP contribution in [0, 0.1) is 0 Å². The quantitative estimate of drug-likeness (QED) is 0.710. The molecule has 0 radical (unpaired) electrons. The van der Waals surface area contributed by atoms with E-state index in [4.69, 9.17) is 4.74 Å². The number of carbonyl (C=O) groups excluding carboxylic acids is 1. The van der Waals surface area contributed by atoms with E-state index in [0.717, 1.165) is 12.1 Å². The van der Waals surface area contributed by atoms with Crippen LogP contribution >= 0.6 is 0 Å². The topological polar surface area (TPSA) is 39.2 Å². The predicted octanol–water partition coefficient (Wildman–Crippen LogP) is 2.19. The molecule has 1 aromatic heterocycles. The number of hydrogen-bond donors (Lipinski definition) is 0. The Kier molecular flexibility index (Phi) is 2.99. The smallest absolute Gasteiger partial charge is 0.293 e. The first-order valence-corrected chi connectivity index (χ1v) is 5.35. The monoisotopic (exact) mass is 205 g/mol. The Morgan fingerprint density at radius 1 is 1.60 bits per heavy atom. The summed E-state index contributed by atoms with van der Waals surface area (Å²) >= 11 is 0. The molecule has 3 nitrogen and oxygen atoms in total. The molecule has 1 heterocycles. The van der Waals surface area contributed by atoms with Gasteiger partial charge in [0, 0.05) is 5.69 Å². The molecule has 1 aliphatic carbocycles. The van der Waals surface area contributed by atoms with E-state index in [0.29, 0.717) is 12.4 Å². The number of fused-ring (bicyclic) bond motifs is 1. The van der Waals surface area contributed by atoms with Crippen molar-refractivity contribution in [3.63, 3.8) is 0 Å². The van der Waals surface area contributed by atoms with Crippen molar-refractivity contribution >= 4 is 6.47 Å². The van der Waals surface area contributed by atoms with Crippen molar-refractivity contribution < 1.29 is 9.53 Å². The zero-order valence-corrected chi connectivity index (χ0v) is 8.90. The summed E-state index contributed by atoms with van der Waals surface area (Å²) in [6, 6.07) is 4.06. The summed E-state index contributed by atoms with van der Waals surface area (Å²) in [5.41, 5.74) is 3.38. The number of aryl methyl sites for hydroxylation is 1. The summed E-state index contributed by atoms with van der Waals surface area (Å²) in [6.45, 7) is 2.95. The summed E-state index contributed by atoms with van der Waals surface area (Å²) in [4.78, 5) is 14.6. The number of aromatic nitrogens is 1. The Morgan fingerprint density at radius 2 is 2.47 bits per heavy atom. The van der Waals surface area contributed by atoms with Gasteiger partial charge < -0.3 is 4.74 Å². The first kappa shape index (κ1) is 10.1. The number of pyridine rings is 1. The Balaban J connectivity index is 2.23. The molecule has 0 unspecified atom stereocenters. The fourth-order valence-corrected chi connectivity index (χ4v) is 2.12. The number of carbonyl (C=O) groups is 1. The molecule has 0 aliphatic heterocycles. The molecule has 1 atom stereocenters. The van der Waals surface area contributed by atoms with Crippen LogP contribution in [0.15, 0.2) is 12.1 Å². The average Bonchev–Trinajstić information content (AvgIpc) is 2.27. The molecule has 1 aromatic rings. The van der Waals surface area contributed by atoms with Crippen LogP contribution in [-0.2, 0) is 22.6 Å². The van der Waals surface area contributed by atoms with Crippen molar-refractivity contribution in [1.82, 2.24) is 4.98 Å². The fraction of sp³-hybridized carbons (Fsp3) is 0.500. The normalized spacial score (nSPS) is 19.4. The number of ether oxygens (including phenoxy) is 1. The molecule has 0 amide bonds. The third kappa shape index (κ3) is 2.17. The minimum atomic E-state index is 0.281. The maximum Gasteiger partial charge on any atom is 0.293 e. The fourth-order valence-electron chi connectivity index (χ4n) is 2.12. The van der Waals surface area contributed by atoms with Crippen LogP contribution in [0.25, 0.3) is 0 Å². The molecule has 0 N–H and O–H groups in total. The Labute approximate surface area is 89.5 Å². The van der Waals surface area contributed by atoms with E-state index < -0.39 is 0 Å². The van der Waals surface area contributed by atoms with Crippen molar-refractivity contribution in [2.75, 3.05) is 0 Å². The van der Waals surface area contributed by atoms with E-state index in [1.807, 2.05) is 6.07 Å². The second kappa shape index (κ2) is 4.43. The van der Waals surface area contributed by atoms with Gasteiger partial charge in [0.2, 0.25) is 0 Å². The zero-order valence-electron chi connectivity index (χ0n) is 8.90. The first-order valence-electron chi connectivity index (χ1n) is 5.35.